The van der Waals surface area contributed by atoms with Gasteiger partial charge in [-0.25, -0.2) is 0 Å². The molecule has 7 heteroatoms. The molecule has 0 radical (unpaired) electrons. The van der Waals surface area contributed by atoms with Crippen molar-refractivity contribution in [3.8, 4) is 6.07 Å². The van der Waals surface area contributed by atoms with Gasteiger partial charge in [-0.1, -0.05) is 29.3 Å². The summed E-state index contributed by atoms with van der Waals surface area (Å²) in [5, 5.41) is 12.3. The number of nitriles is 1. The molecule has 0 aliphatic heterocycles. The number of hydrogen-bond donors (Lipinski definition) is 1. The van der Waals surface area contributed by atoms with Crippen LogP contribution in [0.5, 0.6) is 0 Å². The van der Waals surface area contributed by atoms with Crippen LogP contribution in [0.3, 0.4) is 0 Å². The first kappa shape index (κ1) is 17.8. The maximum Gasteiger partial charge on any atom is 0.244 e. The number of nitrogens with zero attached hydrogens (tertiary/aromatic N) is 2. The molecule has 0 spiro atoms. The van der Waals surface area contributed by atoms with Crippen LogP contribution in [0.1, 0.15) is 12.5 Å². The van der Waals surface area contributed by atoms with Gasteiger partial charge in [0.2, 0.25) is 11.8 Å². The Morgan fingerprint density at radius 3 is 2.62 bits per heavy atom. The predicted molar refractivity (Wildman–Crippen MR) is 94.3 cm³/mol. The maximum atomic E-state index is 12.2. The van der Waals surface area contributed by atoms with Gasteiger partial charge < -0.3 is 10.2 Å². The molecular weight excluding hydrogens is 349 g/mol. The lowest BCUT2D eigenvalue weighted by Crippen LogP contribution is -2.36. The van der Waals surface area contributed by atoms with Gasteiger partial charge in [-0.2, -0.15) is 5.26 Å². The molecule has 0 bridgehead atoms. The zero-order valence-electron chi connectivity index (χ0n) is 12.7. The number of benzene rings is 2. The van der Waals surface area contributed by atoms with E-state index in [1.807, 2.05) is 6.07 Å². The van der Waals surface area contributed by atoms with E-state index in [2.05, 4.69) is 5.32 Å². The molecule has 0 heterocycles. The van der Waals surface area contributed by atoms with Gasteiger partial charge >= 0.3 is 0 Å². The van der Waals surface area contributed by atoms with Crippen molar-refractivity contribution in [1.29, 1.82) is 5.26 Å². The van der Waals surface area contributed by atoms with Crippen LogP contribution in [-0.2, 0) is 9.59 Å². The Kier molecular flexibility index (Phi) is 5.80. The fraction of sp³-hybridized carbons (Fsp3) is 0.118. The number of hydrogen-bond acceptors (Lipinski definition) is 3. The van der Waals surface area contributed by atoms with E-state index < -0.39 is 5.91 Å². The van der Waals surface area contributed by atoms with Gasteiger partial charge in [-0.15, -0.1) is 0 Å². The summed E-state index contributed by atoms with van der Waals surface area (Å²) in [5.41, 5.74) is 1.23. The number of nitrogens with one attached hydrogen (secondary N) is 1. The topological polar surface area (TPSA) is 73.2 Å². The van der Waals surface area contributed by atoms with E-state index in [0.717, 1.165) is 0 Å². The number of carbonyl (C=O) groups excluding carboxylic acids is 2. The highest BCUT2D eigenvalue weighted by Crippen LogP contribution is 2.25. The molecule has 0 atom stereocenters. The number of rotatable bonds is 4. The van der Waals surface area contributed by atoms with Crippen molar-refractivity contribution in [3.05, 3.63) is 58.1 Å². The highest BCUT2D eigenvalue weighted by atomic mass is 35.5. The Morgan fingerprint density at radius 2 is 1.96 bits per heavy atom. The van der Waals surface area contributed by atoms with E-state index in [0.29, 0.717) is 27.0 Å². The number of halogens is 2. The molecule has 2 rings (SSSR count). The van der Waals surface area contributed by atoms with Crippen molar-refractivity contribution >= 4 is 46.4 Å². The summed E-state index contributed by atoms with van der Waals surface area (Å²) >= 11 is 11.9. The largest absolute Gasteiger partial charge is 0.323 e. The van der Waals surface area contributed by atoms with Crippen LogP contribution in [0, 0.1) is 11.3 Å². The van der Waals surface area contributed by atoms with Crippen molar-refractivity contribution < 1.29 is 9.59 Å². The third-order valence-corrected chi connectivity index (χ3v) is 3.74. The summed E-state index contributed by atoms with van der Waals surface area (Å²) in [7, 11) is 0. The molecule has 0 fully saturated rings. The standard InChI is InChI=1S/C17H13Cl2N3O2/c1-11(23)22(14-4-2-3-12(7-14)9-20)10-17(24)21-16-8-13(18)5-6-15(16)19/h2-8H,10H2,1H3,(H,21,24). The first-order valence-corrected chi connectivity index (χ1v) is 7.69. The van der Waals surface area contributed by atoms with Crippen molar-refractivity contribution in [2.24, 2.45) is 0 Å². The van der Waals surface area contributed by atoms with Crippen LogP contribution in [0.4, 0.5) is 11.4 Å². The van der Waals surface area contributed by atoms with Gasteiger partial charge in [0, 0.05) is 17.6 Å². The molecule has 5 nitrogen and oxygen atoms in total. The molecule has 0 aliphatic rings. The van der Waals surface area contributed by atoms with Crippen LogP contribution >= 0.6 is 23.2 Å². The summed E-state index contributed by atoms with van der Waals surface area (Å²) in [6, 6.07) is 13.2. The molecule has 2 aromatic rings. The van der Waals surface area contributed by atoms with Crippen LogP contribution in [0.2, 0.25) is 10.0 Å². The molecule has 24 heavy (non-hydrogen) atoms. The van der Waals surface area contributed by atoms with E-state index in [1.54, 1.807) is 36.4 Å². The molecule has 122 valence electrons. The molecule has 0 aliphatic carbocycles. The Bertz CT molecular complexity index is 831. The van der Waals surface area contributed by atoms with Crippen LogP contribution in [0.25, 0.3) is 0 Å². The second-order valence-electron chi connectivity index (χ2n) is 4.94. The second-order valence-corrected chi connectivity index (χ2v) is 5.78. The van der Waals surface area contributed by atoms with Crippen molar-refractivity contribution in [2.75, 3.05) is 16.8 Å². The minimum atomic E-state index is -0.434. The van der Waals surface area contributed by atoms with Crippen molar-refractivity contribution in [2.45, 2.75) is 6.92 Å². The summed E-state index contributed by atoms with van der Waals surface area (Å²) < 4.78 is 0. The van der Waals surface area contributed by atoms with Gasteiger partial charge in [0.1, 0.15) is 6.54 Å². The lowest BCUT2D eigenvalue weighted by atomic mass is 10.2. The number of anilines is 2. The van der Waals surface area contributed by atoms with Gasteiger partial charge in [0.15, 0.2) is 0 Å². The highest BCUT2D eigenvalue weighted by molar-refractivity contribution is 6.35. The van der Waals surface area contributed by atoms with E-state index >= 15 is 0 Å². The Morgan fingerprint density at radius 1 is 1.21 bits per heavy atom. The van der Waals surface area contributed by atoms with Gasteiger partial charge in [0.25, 0.3) is 0 Å². The lowest BCUT2D eigenvalue weighted by Gasteiger charge is -2.21. The highest BCUT2D eigenvalue weighted by Gasteiger charge is 2.17. The fourth-order valence-corrected chi connectivity index (χ4v) is 2.39. The Hall–Kier alpha value is -2.55. The van der Waals surface area contributed by atoms with Crippen molar-refractivity contribution in [1.82, 2.24) is 0 Å². The fourth-order valence-electron chi connectivity index (χ4n) is 2.05. The third-order valence-electron chi connectivity index (χ3n) is 3.17. The van der Waals surface area contributed by atoms with Gasteiger partial charge in [0.05, 0.1) is 22.3 Å². The summed E-state index contributed by atoms with van der Waals surface area (Å²) in [6.45, 7) is 1.13. The maximum absolute atomic E-state index is 12.2. The number of carbonyl (C=O) groups is 2. The molecule has 2 amide bonds. The zero-order valence-corrected chi connectivity index (χ0v) is 14.2. The van der Waals surface area contributed by atoms with Gasteiger partial charge in [-0.3, -0.25) is 9.59 Å². The molecule has 0 saturated carbocycles. The van der Waals surface area contributed by atoms with E-state index in [1.165, 1.54) is 17.9 Å². The number of amides is 2. The predicted octanol–water partition coefficient (Wildman–Crippen LogP) is 3.86. The molecule has 0 unspecified atom stereocenters. The Labute approximate surface area is 149 Å². The SMILES string of the molecule is CC(=O)N(CC(=O)Nc1cc(Cl)ccc1Cl)c1cccc(C#N)c1. The molecule has 0 aromatic heterocycles. The zero-order chi connectivity index (χ0) is 17.7. The minimum Gasteiger partial charge on any atom is -0.323 e. The van der Waals surface area contributed by atoms with Gasteiger partial charge in [-0.05, 0) is 36.4 Å². The van der Waals surface area contributed by atoms with Crippen LogP contribution < -0.4 is 10.2 Å². The van der Waals surface area contributed by atoms with Crippen LogP contribution in [-0.4, -0.2) is 18.4 Å². The summed E-state index contributed by atoms with van der Waals surface area (Å²) in [5.74, 6) is -0.755. The monoisotopic (exact) mass is 361 g/mol. The van der Waals surface area contributed by atoms with E-state index in [-0.39, 0.29) is 12.5 Å². The van der Waals surface area contributed by atoms with Crippen LogP contribution in [0.15, 0.2) is 42.5 Å². The average Bonchev–Trinajstić information content (AvgIpc) is 2.55. The molecular formula is C17H13Cl2N3O2. The third kappa shape index (κ3) is 4.48. The first-order chi connectivity index (χ1) is 11.4. The van der Waals surface area contributed by atoms with Crippen molar-refractivity contribution in [3.63, 3.8) is 0 Å². The van der Waals surface area contributed by atoms with E-state index in [4.69, 9.17) is 28.5 Å². The summed E-state index contributed by atoms with van der Waals surface area (Å²) in [6.07, 6.45) is 0. The lowest BCUT2D eigenvalue weighted by molar-refractivity contribution is -0.120. The molecule has 2 aromatic carbocycles. The molecule has 1 N–H and O–H groups in total. The molecule has 0 saturated heterocycles. The average molecular weight is 362 g/mol. The minimum absolute atomic E-state index is 0.215. The quantitative estimate of drug-likeness (QED) is 0.898. The van der Waals surface area contributed by atoms with E-state index in [9.17, 15) is 9.59 Å². The Balaban J connectivity index is 2.18. The second kappa shape index (κ2) is 7.82. The summed E-state index contributed by atoms with van der Waals surface area (Å²) in [4.78, 5) is 25.4. The first-order valence-electron chi connectivity index (χ1n) is 6.94. The smallest absolute Gasteiger partial charge is 0.244 e. The normalized spacial score (nSPS) is 9.92.